The summed E-state index contributed by atoms with van der Waals surface area (Å²) in [5.41, 5.74) is 2.53. The Kier molecular flexibility index (Phi) is 6.13. The van der Waals surface area contributed by atoms with Gasteiger partial charge in [0.2, 0.25) is 0 Å². The first-order valence-corrected chi connectivity index (χ1v) is 10.7. The smallest absolute Gasteiger partial charge is 0.295 e. The highest BCUT2D eigenvalue weighted by Gasteiger charge is 2.46. The van der Waals surface area contributed by atoms with E-state index in [-0.39, 0.29) is 17.4 Å². The minimum absolute atomic E-state index is 0.0364. The van der Waals surface area contributed by atoms with Crippen LogP contribution in [-0.2, 0) is 9.59 Å². The minimum atomic E-state index is -0.631. The first-order chi connectivity index (χ1) is 13.8. The third-order valence-corrected chi connectivity index (χ3v) is 6.04. The summed E-state index contributed by atoms with van der Waals surface area (Å²) in [7, 11) is 0. The maximum absolute atomic E-state index is 12.9. The molecule has 1 aromatic carbocycles. The van der Waals surface area contributed by atoms with Crippen molar-refractivity contribution >= 4 is 28.8 Å². The normalized spacial score (nSPS) is 18.7. The summed E-state index contributed by atoms with van der Waals surface area (Å²) in [5, 5.41) is 13.0. The molecule has 0 aliphatic carbocycles. The third-order valence-electron chi connectivity index (χ3n) is 4.97. The molecule has 5 nitrogen and oxygen atoms in total. The second kappa shape index (κ2) is 8.41. The second-order valence-corrected chi connectivity index (χ2v) is 8.55. The Balaban J connectivity index is 2.13. The summed E-state index contributed by atoms with van der Waals surface area (Å²) in [6.07, 6.45) is 0.767. The zero-order valence-corrected chi connectivity index (χ0v) is 18.3. The number of aliphatic hydroxyl groups excluding tert-OH is 1. The summed E-state index contributed by atoms with van der Waals surface area (Å²) in [6.45, 7) is 10.2. The molecule has 1 aliphatic heterocycles. The van der Waals surface area contributed by atoms with Gasteiger partial charge in [-0.15, -0.1) is 11.3 Å². The number of benzene rings is 1. The SMILES string of the molecule is CCCN1C(=O)C(=O)/C(=C(\O)c2ccc(OC(C)C)c(C)c2)C1c1sccc1C. The molecule has 0 saturated carbocycles. The predicted octanol–water partition coefficient (Wildman–Crippen LogP) is 4.98. The maximum atomic E-state index is 12.9. The van der Waals surface area contributed by atoms with E-state index >= 15 is 0 Å². The molecule has 1 N–H and O–H groups in total. The average Bonchev–Trinajstić information content (AvgIpc) is 3.19. The van der Waals surface area contributed by atoms with Crippen LogP contribution in [0, 0.1) is 13.8 Å². The lowest BCUT2D eigenvalue weighted by Crippen LogP contribution is -2.30. The van der Waals surface area contributed by atoms with Gasteiger partial charge >= 0.3 is 0 Å². The molecule has 1 aromatic heterocycles. The summed E-state index contributed by atoms with van der Waals surface area (Å²) >= 11 is 1.50. The van der Waals surface area contributed by atoms with Crippen molar-refractivity contribution < 1.29 is 19.4 Å². The van der Waals surface area contributed by atoms with Gasteiger partial charge in [0.25, 0.3) is 11.7 Å². The van der Waals surface area contributed by atoms with Gasteiger partial charge in [0, 0.05) is 17.0 Å². The number of aryl methyl sites for hydroxylation is 2. The Bertz CT molecular complexity index is 973. The van der Waals surface area contributed by atoms with Gasteiger partial charge in [-0.05, 0) is 74.9 Å². The molecule has 2 heterocycles. The average molecular weight is 414 g/mol. The largest absolute Gasteiger partial charge is 0.507 e. The van der Waals surface area contributed by atoms with Crippen LogP contribution in [-0.4, -0.2) is 34.3 Å². The first kappa shape index (κ1) is 21.1. The molecule has 29 heavy (non-hydrogen) atoms. The fourth-order valence-electron chi connectivity index (χ4n) is 3.63. The minimum Gasteiger partial charge on any atom is -0.507 e. The monoisotopic (exact) mass is 413 g/mol. The Morgan fingerprint density at radius 2 is 1.93 bits per heavy atom. The summed E-state index contributed by atoms with van der Waals surface area (Å²) in [6, 6.07) is 6.72. The first-order valence-electron chi connectivity index (χ1n) is 9.86. The van der Waals surface area contributed by atoms with E-state index in [0.717, 1.165) is 28.2 Å². The number of ether oxygens (including phenoxy) is 1. The Morgan fingerprint density at radius 3 is 2.48 bits per heavy atom. The van der Waals surface area contributed by atoms with Gasteiger partial charge in [0.1, 0.15) is 11.5 Å². The van der Waals surface area contributed by atoms with Crippen molar-refractivity contribution in [2.75, 3.05) is 6.54 Å². The number of ketones is 1. The number of carbonyl (C=O) groups is 2. The highest BCUT2D eigenvalue weighted by atomic mass is 32.1. The molecule has 0 radical (unpaired) electrons. The predicted molar refractivity (Wildman–Crippen MR) is 115 cm³/mol. The van der Waals surface area contributed by atoms with Crippen molar-refractivity contribution in [3.8, 4) is 5.75 Å². The zero-order valence-electron chi connectivity index (χ0n) is 17.5. The lowest BCUT2D eigenvalue weighted by molar-refractivity contribution is -0.139. The summed E-state index contributed by atoms with van der Waals surface area (Å²) < 4.78 is 5.76. The van der Waals surface area contributed by atoms with Crippen LogP contribution in [0.25, 0.3) is 5.76 Å². The molecule has 1 fully saturated rings. The molecule has 1 saturated heterocycles. The number of thiophene rings is 1. The van der Waals surface area contributed by atoms with Gasteiger partial charge in [-0.1, -0.05) is 6.92 Å². The van der Waals surface area contributed by atoms with Crippen LogP contribution in [0.5, 0.6) is 5.75 Å². The number of nitrogens with zero attached hydrogens (tertiary/aromatic N) is 1. The van der Waals surface area contributed by atoms with Gasteiger partial charge in [-0.2, -0.15) is 0 Å². The lowest BCUT2D eigenvalue weighted by Gasteiger charge is -2.24. The zero-order chi connectivity index (χ0) is 21.3. The summed E-state index contributed by atoms with van der Waals surface area (Å²) in [4.78, 5) is 28.1. The highest BCUT2D eigenvalue weighted by molar-refractivity contribution is 7.10. The van der Waals surface area contributed by atoms with E-state index in [0.29, 0.717) is 12.1 Å². The molecular formula is C23H27NO4S. The van der Waals surface area contributed by atoms with E-state index in [9.17, 15) is 14.7 Å². The second-order valence-electron chi connectivity index (χ2n) is 7.61. The van der Waals surface area contributed by atoms with Crippen LogP contribution in [0.3, 0.4) is 0 Å². The molecule has 0 bridgehead atoms. The van der Waals surface area contributed by atoms with Gasteiger partial charge in [-0.3, -0.25) is 9.59 Å². The van der Waals surface area contributed by atoms with Crippen LogP contribution in [0.15, 0.2) is 35.2 Å². The number of hydrogen-bond acceptors (Lipinski definition) is 5. The molecule has 3 rings (SSSR count). The van der Waals surface area contributed by atoms with E-state index in [1.807, 2.05) is 46.1 Å². The third kappa shape index (κ3) is 3.94. The van der Waals surface area contributed by atoms with E-state index in [1.54, 1.807) is 23.1 Å². The molecule has 2 aromatic rings. The number of hydrogen-bond donors (Lipinski definition) is 1. The number of aliphatic hydroxyl groups is 1. The van der Waals surface area contributed by atoms with Crippen molar-refractivity contribution in [1.29, 1.82) is 0 Å². The van der Waals surface area contributed by atoms with Gasteiger partial charge < -0.3 is 14.7 Å². The number of rotatable bonds is 6. The molecule has 0 spiro atoms. The van der Waals surface area contributed by atoms with Crippen LogP contribution >= 0.6 is 11.3 Å². The molecule has 1 atom stereocenters. The van der Waals surface area contributed by atoms with Gasteiger partial charge in [0.05, 0.1) is 17.7 Å². The standard InChI is InChI=1S/C23H27NO4S/c1-6-10-24-19(22-14(4)9-11-29-22)18(21(26)23(24)27)20(25)16-7-8-17(15(5)12-16)28-13(2)3/h7-9,11-13,19,25H,6,10H2,1-5H3/b20-18-. The van der Waals surface area contributed by atoms with E-state index in [1.165, 1.54) is 11.3 Å². The number of amides is 1. The number of likely N-dealkylation sites (tertiary alicyclic amines) is 1. The van der Waals surface area contributed by atoms with Crippen molar-refractivity contribution in [3.05, 3.63) is 56.8 Å². The quantitative estimate of drug-likeness (QED) is 0.412. The van der Waals surface area contributed by atoms with Crippen molar-refractivity contribution in [2.24, 2.45) is 0 Å². The van der Waals surface area contributed by atoms with E-state index in [2.05, 4.69) is 0 Å². The van der Waals surface area contributed by atoms with Gasteiger partial charge in [0.15, 0.2) is 0 Å². The number of carbonyl (C=O) groups excluding carboxylic acids is 2. The van der Waals surface area contributed by atoms with Crippen LogP contribution in [0.1, 0.15) is 54.8 Å². The Hall–Kier alpha value is -2.60. The molecule has 1 amide bonds. The topological polar surface area (TPSA) is 66.8 Å². The van der Waals surface area contributed by atoms with Crippen molar-refractivity contribution in [3.63, 3.8) is 0 Å². The highest BCUT2D eigenvalue weighted by Crippen LogP contribution is 2.42. The van der Waals surface area contributed by atoms with E-state index in [4.69, 9.17) is 4.74 Å². The number of Topliss-reactive ketones (excluding diaryl/α,β-unsaturated/α-hetero) is 1. The van der Waals surface area contributed by atoms with Crippen LogP contribution in [0.4, 0.5) is 0 Å². The van der Waals surface area contributed by atoms with Crippen LogP contribution < -0.4 is 4.74 Å². The molecule has 1 aliphatic rings. The lowest BCUT2D eigenvalue weighted by atomic mass is 9.97. The van der Waals surface area contributed by atoms with E-state index < -0.39 is 17.7 Å². The fraction of sp³-hybridized carbons (Fsp3) is 0.391. The fourth-order valence-corrected chi connectivity index (χ4v) is 4.67. The Morgan fingerprint density at radius 1 is 1.21 bits per heavy atom. The summed E-state index contributed by atoms with van der Waals surface area (Å²) in [5.74, 6) is -0.593. The van der Waals surface area contributed by atoms with Crippen molar-refractivity contribution in [1.82, 2.24) is 4.90 Å². The van der Waals surface area contributed by atoms with Gasteiger partial charge in [-0.25, -0.2) is 0 Å². The molecule has 154 valence electrons. The molecular weight excluding hydrogens is 386 g/mol. The van der Waals surface area contributed by atoms with Crippen LogP contribution in [0.2, 0.25) is 0 Å². The molecule has 1 unspecified atom stereocenters. The maximum Gasteiger partial charge on any atom is 0.295 e. The Labute approximate surface area is 175 Å². The molecule has 6 heteroatoms. The van der Waals surface area contributed by atoms with Crippen molar-refractivity contribution in [2.45, 2.75) is 53.2 Å².